The summed E-state index contributed by atoms with van der Waals surface area (Å²) in [7, 11) is 0. The van der Waals surface area contributed by atoms with Crippen LogP contribution in [0, 0.1) is 0 Å². The van der Waals surface area contributed by atoms with Crippen molar-refractivity contribution in [3.8, 4) is 10.6 Å². The second-order valence-electron chi connectivity index (χ2n) is 3.19. The third kappa shape index (κ3) is 2.42. The quantitative estimate of drug-likeness (QED) is 0.841. The van der Waals surface area contributed by atoms with E-state index in [1.165, 1.54) is 11.3 Å². The van der Waals surface area contributed by atoms with Crippen LogP contribution < -0.4 is 5.73 Å². The second-order valence-corrected chi connectivity index (χ2v) is 4.05. The number of ether oxygens (including phenoxy) is 1. The molecular weight excluding hydrogens is 238 g/mol. The van der Waals surface area contributed by atoms with Crippen molar-refractivity contribution in [2.24, 2.45) is 0 Å². The van der Waals surface area contributed by atoms with E-state index in [2.05, 4.69) is 9.97 Å². The first kappa shape index (κ1) is 11.5. The molecule has 5 nitrogen and oxygen atoms in total. The molecule has 2 heterocycles. The molecule has 0 spiro atoms. The summed E-state index contributed by atoms with van der Waals surface area (Å²) in [6.45, 7) is 2.09. The van der Waals surface area contributed by atoms with E-state index < -0.39 is 5.97 Å². The van der Waals surface area contributed by atoms with Crippen molar-refractivity contribution >= 4 is 23.1 Å². The number of esters is 1. The summed E-state index contributed by atoms with van der Waals surface area (Å²) < 4.78 is 4.87. The molecule has 0 aliphatic rings. The topological polar surface area (TPSA) is 78.1 Å². The predicted octanol–water partition coefficient (Wildman–Crippen LogP) is 1.96. The smallest absolute Gasteiger partial charge is 0.357 e. The standard InChI is InChI=1S/C11H11N3O2S/c1-2-16-11(15)8-6-17-10(14-8)7-4-3-5-13-9(7)12/h3-6H,2H2,1H3,(H2,12,13). The lowest BCUT2D eigenvalue weighted by Gasteiger charge is -1.99. The van der Waals surface area contributed by atoms with Gasteiger partial charge in [0, 0.05) is 11.6 Å². The van der Waals surface area contributed by atoms with Crippen LogP contribution in [0.1, 0.15) is 17.4 Å². The predicted molar refractivity (Wildman–Crippen MR) is 65.7 cm³/mol. The molecule has 0 saturated heterocycles. The highest BCUT2D eigenvalue weighted by Gasteiger charge is 2.14. The van der Waals surface area contributed by atoms with E-state index in [1.54, 1.807) is 24.6 Å². The van der Waals surface area contributed by atoms with Crippen molar-refractivity contribution in [2.75, 3.05) is 12.3 Å². The van der Waals surface area contributed by atoms with E-state index in [0.717, 1.165) is 5.56 Å². The highest BCUT2D eigenvalue weighted by atomic mass is 32.1. The first-order chi connectivity index (χ1) is 8.22. The maximum absolute atomic E-state index is 11.4. The fourth-order valence-electron chi connectivity index (χ4n) is 1.29. The van der Waals surface area contributed by atoms with Gasteiger partial charge >= 0.3 is 5.97 Å². The molecule has 17 heavy (non-hydrogen) atoms. The number of anilines is 1. The molecule has 6 heteroatoms. The van der Waals surface area contributed by atoms with Gasteiger partial charge in [0.05, 0.1) is 12.2 Å². The van der Waals surface area contributed by atoms with E-state index in [1.807, 2.05) is 6.07 Å². The molecule has 0 radical (unpaired) electrons. The Morgan fingerprint density at radius 3 is 3.12 bits per heavy atom. The zero-order chi connectivity index (χ0) is 12.3. The van der Waals surface area contributed by atoms with E-state index in [-0.39, 0.29) is 0 Å². The molecule has 0 saturated carbocycles. The number of nitrogens with two attached hydrogens (primary N) is 1. The zero-order valence-corrected chi connectivity index (χ0v) is 10.0. The Balaban J connectivity index is 2.30. The Kier molecular flexibility index (Phi) is 3.34. The lowest BCUT2D eigenvalue weighted by Crippen LogP contribution is -2.04. The van der Waals surface area contributed by atoms with Gasteiger partial charge in [0.25, 0.3) is 0 Å². The Morgan fingerprint density at radius 2 is 2.41 bits per heavy atom. The van der Waals surface area contributed by atoms with Gasteiger partial charge in [0.2, 0.25) is 0 Å². The van der Waals surface area contributed by atoms with Crippen molar-refractivity contribution in [3.63, 3.8) is 0 Å². The fraction of sp³-hybridized carbons (Fsp3) is 0.182. The summed E-state index contributed by atoms with van der Waals surface area (Å²) in [5, 5.41) is 2.32. The maximum atomic E-state index is 11.4. The Hall–Kier alpha value is -1.95. The van der Waals surface area contributed by atoms with Crippen molar-refractivity contribution in [1.29, 1.82) is 0 Å². The average molecular weight is 249 g/mol. The van der Waals surface area contributed by atoms with Crippen LogP contribution in [0.15, 0.2) is 23.7 Å². The van der Waals surface area contributed by atoms with E-state index in [9.17, 15) is 4.79 Å². The largest absolute Gasteiger partial charge is 0.461 e. The van der Waals surface area contributed by atoms with Gasteiger partial charge in [-0.2, -0.15) is 0 Å². The number of carbonyl (C=O) groups is 1. The Labute approximate surface area is 102 Å². The second kappa shape index (κ2) is 4.92. The number of pyridine rings is 1. The van der Waals surface area contributed by atoms with Gasteiger partial charge in [-0.3, -0.25) is 0 Å². The van der Waals surface area contributed by atoms with E-state index in [4.69, 9.17) is 10.5 Å². The zero-order valence-electron chi connectivity index (χ0n) is 9.21. The monoisotopic (exact) mass is 249 g/mol. The minimum Gasteiger partial charge on any atom is -0.461 e. The first-order valence-corrected chi connectivity index (χ1v) is 5.94. The molecular formula is C11H11N3O2S. The number of nitrogen functional groups attached to an aromatic ring is 1. The average Bonchev–Trinajstić information content (AvgIpc) is 2.79. The molecule has 2 aromatic heterocycles. The molecule has 0 fully saturated rings. The van der Waals surface area contributed by atoms with Gasteiger partial charge in [0.1, 0.15) is 10.8 Å². The minimum atomic E-state index is -0.419. The van der Waals surface area contributed by atoms with Crippen LogP contribution in [0.4, 0.5) is 5.82 Å². The van der Waals surface area contributed by atoms with Gasteiger partial charge in [-0.1, -0.05) is 0 Å². The van der Waals surface area contributed by atoms with Crippen LogP contribution in [0.3, 0.4) is 0 Å². The molecule has 2 N–H and O–H groups in total. The molecule has 0 aliphatic carbocycles. The molecule has 0 aliphatic heterocycles. The molecule has 0 atom stereocenters. The number of carbonyl (C=O) groups excluding carboxylic acids is 1. The summed E-state index contributed by atoms with van der Waals surface area (Å²) in [5.74, 6) is -0.0188. The number of rotatable bonds is 3. The van der Waals surface area contributed by atoms with E-state index in [0.29, 0.717) is 23.1 Å². The number of hydrogen-bond acceptors (Lipinski definition) is 6. The summed E-state index contributed by atoms with van der Waals surface area (Å²) in [6, 6.07) is 3.59. The van der Waals surface area contributed by atoms with Crippen molar-refractivity contribution in [3.05, 3.63) is 29.4 Å². The lowest BCUT2D eigenvalue weighted by molar-refractivity contribution is 0.0520. The fourth-order valence-corrected chi connectivity index (χ4v) is 2.12. The number of thiazole rings is 1. The van der Waals surface area contributed by atoms with Gasteiger partial charge in [-0.15, -0.1) is 11.3 Å². The molecule has 0 amide bonds. The van der Waals surface area contributed by atoms with Gasteiger partial charge < -0.3 is 10.5 Å². The number of nitrogens with zero attached hydrogens (tertiary/aromatic N) is 2. The van der Waals surface area contributed by atoms with Crippen molar-refractivity contribution in [1.82, 2.24) is 9.97 Å². The van der Waals surface area contributed by atoms with Crippen LogP contribution >= 0.6 is 11.3 Å². The third-order valence-electron chi connectivity index (χ3n) is 2.06. The van der Waals surface area contributed by atoms with Crippen molar-refractivity contribution in [2.45, 2.75) is 6.92 Å². The number of aromatic nitrogens is 2. The van der Waals surface area contributed by atoms with Gasteiger partial charge in [0.15, 0.2) is 5.69 Å². The summed E-state index contributed by atoms with van der Waals surface area (Å²) in [4.78, 5) is 19.6. The van der Waals surface area contributed by atoms with Crippen molar-refractivity contribution < 1.29 is 9.53 Å². The van der Waals surface area contributed by atoms with Crippen LogP contribution in [-0.2, 0) is 4.74 Å². The molecule has 0 bridgehead atoms. The highest BCUT2D eigenvalue weighted by Crippen LogP contribution is 2.27. The highest BCUT2D eigenvalue weighted by molar-refractivity contribution is 7.13. The molecule has 2 rings (SSSR count). The third-order valence-corrected chi connectivity index (χ3v) is 2.93. The van der Waals surface area contributed by atoms with Crippen LogP contribution in [0.25, 0.3) is 10.6 Å². The van der Waals surface area contributed by atoms with Crippen LogP contribution in [-0.4, -0.2) is 22.5 Å². The summed E-state index contributed by atoms with van der Waals surface area (Å²) in [6.07, 6.45) is 1.61. The van der Waals surface area contributed by atoms with Crippen LogP contribution in [0.5, 0.6) is 0 Å². The lowest BCUT2D eigenvalue weighted by atomic mass is 10.3. The van der Waals surface area contributed by atoms with Gasteiger partial charge in [-0.25, -0.2) is 14.8 Å². The SMILES string of the molecule is CCOC(=O)c1csc(-c2cccnc2N)n1. The molecule has 88 valence electrons. The molecule has 2 aromatic rings. The first-order valence-electron chi connectivity index (χ1n) is 5.06. The van der Waals surface area contributed by atoms with Gasteiger partial charge in [-0.05, 0) is 19.1 Å². The Morgan fingerprint density at radius 1 is 1.59 bits per heavy atom. The van der Waals surface area contributed by atoms with E-state index >= 15 is 0 Å². The normalized spacial score (nSPS) is 10.2. The Bertz CT molecular complexity index is 539. The molecule has 0 aromatic carbocycles. The minimum absolute atomic E-state index is 0.301. The summed E-state index contributed by atoms with van der Waals surface area (Å²) in [5.41, 5.74) is 6.77. The van der Waals surface area contributed by atoms with Crippen LogP contribution in [0.2, 0.25) is 0 Å². The summed E-state index contributed by atoms with van der Waals surface area (Å²) >= 11 is 1.34. The maximum Gasteiger partial charge on any atom is 0.357 e. The number of hydrogen-bond donors (Lipinski definition) is 1. The molecule has 0 unspecified atom stereocenters.